The molecule has 0 saturated carbocycles. The molecule has 0 amide bonds. The van der Waals surface area contributed by atoms with Gasteiger partial charge in [-0.05, 0) is 30.5 Å². The van der Waals surface area contributed by atoms with Crippen molar-refractivity contribution in [3.8, 4) is 0 Å². The maximum Gasteiger partial charge on any atom is 0.0933 e. The molecular formula is C13H15N5. The Morgan fingerprint density at radius 3 is 3.00 bits per heavy atom. The second kappa shape index (κ2) is 6.47. The van der Waals surface area contributed by atoms with Gasteiger partial charge in [-0.2, -0.15) is 0 Å². The van der Waals surface area contributed by atoms with E-state index in [0.29, 0.717) is 6.54 Å². The van der Waals surface area contributed by atoms with Crippen LogP contribution in [0.1, 0.15) is 12.8 Å². The van der Waals surface area contributed by atoms with Crippen LogP contribution < -0.4 is 5.32 Å². The second-order valence-corrected chi connectivity index (χ2v) is 3.97. The lowest BCUT2D eigenvalue weighted by molar-refractivity contribution is 0.771. The standard InChI is InChI=1S/C13H15N5/c14-18-17-10-2-1-8-15-12-7-3-5-11-6-4-9-16-13(11)12/h3-7,9,15H,1-2,8,10H2. The number of para-hydroxylation sites is 1. The molecule has 0 saturated heterocycles. The zero-order chi connectivity index (χ0) is 12.6. The average Bonchev–Trinajstić information content (AvgIpc) is 2.43. The van der Waals surface area contributed by atoms with Crippen molar-refractivity contribution >= 4 is 16.6 Å². The Balaban J connectivity index is 1.93. The first-order valence-corrected chi connectivity index (χ1v) is 6.00. The Bertz CT molecular complexity index is 555. The molecule has 1 aromatic heterocycles. The van der Waals surface area contributed by atoms with Crippen LogP contribution >= 0.6 is 0 Å². The zero-order valence-corrected chi connectivity index (χ0v) is 10.1. The molecule has 0 radical (unpaired) electrons. The van der Waals surface area contributed by atoms with Gasteiger partial charge in [-0.1, -0.05) is 23.3 Å². The second-order valence-electron chi connectivity index (χ2n) is 3.97. The van der Waals surface area contributed by atoms with Crippen molar-refractivity contribution in [3.05, 3.63) is 47.0 Å². The van der Waals surface area contributed by atoms with Gasteiger partial charge in [0.05, 0.1) is 11.2 Å². The zero-order valence-electron chi connectivity index (χ0n) is 10.1. The third-order valence-corrected chi connectivity index (χ3v) is 2.70. The molecule has 0 bridgehead atoms. The summed E-state index contributed by atoms with van der Waals surface area (Å²) in [6.07, 6.45) is 3.67. The number of fused-ring (bicyclic) bond motifs is 1. The maximum atomic E-state index is 8.15. The highest BCUT2D eigenvalue weighted by Gasteiger charge is 1.99. The van der Waals surface area contributed by atoms with Crippen LogP contribution in [0.25, 0.3) is 21.3 Å². The molecule has 0 spiro atoms. The van der Waals surface area contributed by atoms with E-state index in [9.17, 15) is 0 Å². The minimum Gasteiger partial charge on any atom is -0.383 e. The van der Waals surface area contributed by atoms with Crippen molar-refractivity contribution in [2.45, 2.75) is 12.8 Å². The fourth-order valence-corrected chi connectivity index (χ4v) is 1.82. The number of hydrogen-bond acceptors (Lipinski definition) is 3. The van der Waals surface area contributed by atoms with Gasteiger partial charge in [0.1, 0.15) is 0 Å². The first-order chi connectivity index (χ1) is 8.92. The first kappa shape index (κ1) is 12.2. The van der Waals surface area contributed by atoms with Gasteiger partial charge in [-0.25, -0.2) is 0 Å². The molecule has 1 aromatic carbocycles. The van der Waals surface area contributed by atoms with Crippen molar-refractivity contribution in [1.29, 1.82) is 0 Å². The summed E-state index contributed by atoms with van der Waals surface area (Å²) in [4.78, 5) is 7.11. The molecule has 2 aromatic rings. The van der Waals surface area contributed by atoms with Gasteiger partial charge in [0.15, 0.2) is 0 Å². The van der Waals surface area contributed by atoms with E-state index in [2.05, 4.69) is 32.5 Å². The van der Waals surface area contributed by atoms with Gasteiger partial charge in [-0.15, -0.1) is 0 Å². The lowest BCUT2D eigenvalue weighted by Crippen LogP contribution is -2.02. The highest BCUT2D eigenvalue weighted by molar-refractivity contribution is 5.90. The highest BCUT2D eigenvalue weighted by atomic mass is 15.1. The largest absolute Gasteiger partial charge is 0.383 e. The van der Waals surface area contributed by atoms with Crippen molar-refractivity contribution in [3.63, 3.8) is 0 Å². The molecule has 0 unspecified atom stereocenters. The number of aromatic nitrogens is 1. The smallest absolute Gasteiger partial charge is 0.0933 e. The Morgan fingerprint density at radius 2 is 2.11 bits per heavy atom. The topological polar surface area (TPSA) is 73.7 Å². The molecule has 0 aliphatic rings. The van der Waals surface area contributed by atoms with E-state index in [-0.39, 0.29) is 0 Å². The van der Waals surface area contributed by atoms with Gasteiger partial charge < -0.3 is 5.32 Å². The van der Waals surface area contributed by atoms with Gasteiger partial charge in [0.25, 0.3) is 0 Å². The lowest BCUT2D eigenvalue weighted by Gasteiger charge is -2.08. The Hall–Kier alpha value is -2.26. The van der Waals surface area contributed by atoms with E-state index in [1.807, 2.05) is 18.2 Å². The van der Waals surface area contributed by atoms with E-state index >= 15 is 0 Å². The third kappa shape index (κ3) is 3.12. The molecule has 2 rings (SSSR count). The fourth-order valence-electron chi connectivity index (χ4n) is 1.82. The summed E-state index contributed by atoms with van der Waals surface area (Å²) in [7, 11) is 0. The number of pyridine rings is 1. The number of unbranched alkanes of at least 4 members (excludes halogenated alkanes) is 1. The van der Waals surface area contributed by atoms with Crippen molar-refractivity contribution in [2.75, 3.05) is 18.4 Å². The molecular weight excluding hydrogens is 226 g/mol. The van der Waals surface area contributed by atoms with Crippen LogP contribution in [0.3, 0.4) is 0 Å². The van der Waals surface area contributed by atoms with Crippen LogP contribution in [-0.2, 0) is 0 Å². The van der Waals surface area contributed by atoms with Crippen molar-refractivity contribution in [2.24, 2.45) is 5.11 Å². The van der Waals surface area contributed by atoms with Crippen LogP contribution in [-0.4, -0.2) is 18.1 Å². The quantitative estimate of drug-likeness (QED) is 0.362. The summed E-state index contributed by atoms with van der Waals surface area (Å²) in [5.74, 6) is 0. The first-order valence-electron chi connectivity index (χ1n) is 6.00. The molecule has 0 atom stereocenters. The predicted octanol–water partition coefficient (Wildman–Crippen LogP) is 3.74. The number of hydrogen-bond donors (Lipinski definition) is 1. The number of azide groups is 1. The van der Waals surface area contributed by atoms with E-state index in [1.54, 1.807) is 6.20 Å². The number of anilines is 1. The van der Waals surface area contributed by atoms with Crippen LogP contribution in [0.5, 0.6) is 0 Å². The summed E-state index contributed by atoms with van der Waals surface area (Å²) in [6, 6.07) is 10.1. The van der Waals surface area contributed by atoms with Gasteiger partial charge in [-0.3, -0.25) is 4.98 Å². The molecule has 0 aliphatic carbocycles. The summed E-state index contributed by atoms with van der Waals surface area (Å²) in [5, 5.41) is 8.01. The highest BCUT2D eigenvalue weighted by Crippen LogP contribution is 2.20. The van der Waals surface area contributed by atoms with Crippen LogP contribution in [0.2, 0.25) is 0 Å². The van der Waals surface area contributed by atoms with Crippen LogP contribution in [0.4, 0.5) is 5.69 Å². The van der Waals surface area contributed by atoms with Crippen LogP contribution in [0, 0.1) is 0 Å². The molecule has 5 heteroatoms. The molecule has 1 N–H and O–H groups in total. The number of nitrogens with zero attached hydrogens (tertiary/aromatic N) is 4. The molecule has 0 fully saturated rings. The van der Waals surface area contributed by atoms with Crippen LogP contribution in [0.15, 0.2) is 41.6 Å². The minimum atomic E-state index is 0.561. The summed E-state index contributed by atoms with van der Waals surface area (Å²) >= 11 is 0. The number of nitrogens with one attached hydrogen (secondary N) is 1. The van der Waals surface area contributed by atoms with Crippen molar-refractivity contribution in [1.82, 2.24) is 4.98 Å². The minimum absolute atomic E-state index is 0.561. The normalized spacial score (nSPS) is 10.0. The number of benzene rings is 1. The van der Waals surface area contributed by atoms with Crippen molar-refractivity contribution < 1.29 is 0 Å². The molecule has 5 nitrogen and oxygen atoms in total. The fraction of sp³-hybridized carbons (Fsp3) is 0.308. The third-order valence-electron chi connectivity index (χ3n) is 2.70. The van der Waals surface area contributed by atoms with E-state index < -0.39 is 0 Å². The van der Waals surface area contributed by atoms with Gasteiger partial charge >= 0.3 is 0 Å². The molecule has 1 heterocycles. The maximum absolute atomic E-state index is 8.15. The summed E-state index contributed by atoms with van der Waals surface area (Å²) in [5.41, 5.74) is 10.2. The molecule has 18 heavy (non-hydrogen) atoms. The summed E-state index contributed by atoms with van der Waals surface area (Å²) in [6.45, 7) is 1.42. The van der Waals surface area contributed by atoms with Gasteiger partial charge in [0, 0.05) is 29.6 Å². The molecule has 0 aliphatic heterocycles. The van der Waals surface area contributed by atoms with Gasteiger partial charge in [0.2, 0.25) is 0 Å². The Morgan fingerprint density at radius 1 is 1.22 bits per heavy atom. The summed E-state index contributed by atoms with van der Waals surface area (Å²) < 4.78 is 0. The van der Waals surface area contributed by atoms with E-state index in [1.165, 1.54) is 0 Å². The lowest BCUT2D eigenvalue weighted by atomic mass is 10.2. The van der Waals surface area contributed by atoms with E-state index in [4.69, 9.17) is 5.53 Å². The predicted molar refractivity (Wildman–Crippen MR) is 73.5 cm³/mol. The Kier molecular flexibility index (Phi) is 4.39. The van der Waals surface area contributed by atoms with E-state index in [0.717, 1.165) is 36.0 Å². The Labute approximate surface area is 105 Å². The average molecular weight is 241 g/mol. The SMILES string of the molecule is [N-]=[N+]=NCCCCNc1cccc2cccnc12. The monoisotopic (exact) mass is 241 g/mol. The molecule has 92 valence electrons. The number of rotatable bonds is 6.